The standard InChI is InChI=1S/C19H23ClN2O3/c1-13-9-17(24-3)18(25-4)10-14(13)11-22(2)12-19(23)21-16-7-5-15(20)6-8-16/h5-10H,11-12H2,1-4H3,(H,21,23). The number of halogens is 1. The fraction of sp³-hybridized carbons (Fsp3) is 0.316. The largest absolute Gasteiger partial charge is 0.493 e. The van der Waals surface area contributed by atoms with E-state index in [9.17, 15) is 4.79 Å². The normalized spacial score (nSPS) is 10.6. The van der Waals surface area contributed by atoms with Crippen molar-refractivity contribution < 1.29 is 14.3 Å². The molecule has 5 nitrogen and oxygen atoms in total. The summed E-state index contributed by atoms with van der Waals surface area (Å²) in [7, 11) is 5.13. The fourth-order valence-corrected chi connectivity index (χ4v) is 2.64. The number of carbonyl (C=O) groups excluding carboxylic acids is 1. The predicted octanol–water partition coefficient (Wildman–Crippen LogP) is 3.74. The van der Waals surface area contributed by atoms with E-state index in [1.807, 2.05) is 31.0 Å². The summed E-state index contributed by atoms with van der Waals surface area (Å²) in [6.45, 7) is 2.91. The highest BCUT2D eigenvalue weighted by atomic mass is 35.5. The van der Waals surface area contributed by atoms with Crippen molar-refractivity contribution in [3.05, 3.63) is 52.5 Å². The van der Waals surface area contributed by atoms with Crippen molar-refractivity contribution in [1.82, 2.24) is 4.90 Å². The van der Waals surface area contributed by atoms with Crippen molar-refractivity contribution >= 4 is 23.2 Å². The molecule has 0 saturated heterocycles. The van der Waals surface area contributed by atoms with Gasteiger partial charge >= 0.3 is 0 Å². The molecule has 6 heteroatoms. The summed E-state index contributed by atoms with van der Waals surface area (Å²) in [4.78, 5) is 14.1. The second-order valence-electron chi connectivity index (χ2n) is 5.86. The Kier molecular flexibility index (Phi) is 6.67. The Bertz CT molecular complexity index is 732. The Morgan fingerprint density at radius 2 is 1.72 bits per heavy atom. The van der Waals surface area contributed by atoms with Crippen LogP contribution in [0.25, 0.3) is 0 Å². The van der Waals surface area contributed by atoms with Crippen LogP contribution in [-0.4, -0.2) is 38.6 Å². The first kappa shape index (κ1) is 19.1. The van der Waals surface area contributed by atoms with E-state index in [1.165, 1.54) is 0 Å². The third kappa shape index (κ3) is 5.37. The van der Waals surface area contributed by atoms with E-state index in [1.54, 1.807) is 38.5 Å². The quantitative estimate of drug-likeness (QED) is 0.815. The van der Waals surface area contributed by atoms with Gasteiger partial charge in [-0.25, -0.2) is 0 Å². The van der Waals surface area contributed by atoms with E-state index in [2.05, 4.69) is 5.32 Å². The first-order chi connectivity index (χ1) is 11.9. The van der Waals surface area contributed by atoms with Gasteiger partial charge in [-0.2, -0.15) is 0 Å². The molecule has 0 heterocycles. The summed E-state index contributed by atoms with van der Waals surface area (Å²) in [5, 5.41) is 3.50. The summed E-state index contributed by atoms with van der Waals surface area (Å²) in [6, 6.07) is 10.9. The van der Waals surface area contributed by atoms with Crippen LogP contribution < -0.4 is 14.8 Å². The van der Waals surface area contributed by atoms with Crippen molar-refractivity contribution in [1.29, 1.82) is 0 Å². The third-order valence-electron chi connectivity index (χ3n) is 3.82. The van der Waals surface area contributed by atoms with Crippen molar-refractivity contribution in [2.75, 3.05) is 33.1 Å². The Morgan fingerprint density at radius 3 is 2.32 bits per heavy atom. The van der Waals surface area contributed by atoms with Gasteiger partial charge in [-0.3, -0.25) is 9.69 Å². The van der Waals surface area contributed by atoms with Gasteiger partial charge in [0.25, 0.3) is 0 Å². The fourth-order valence-electron chi connectivity index (χ4n) is 2.52. The predicted molar refractivity (Wildman–Crippen MR) is 101 cm³/mol. The number of carbonyl (C=O) groups is 1. The van der Waals surface area contributed by atoms with Crippen LogP contribution in [0.15, 0.2) is 36.4 Å². The average molecular weight is 363 g/mol. The molecule has 0 aliphatic rings. The van der Waals surface area contributed by atoms with Gasteiger partial charge in [0.1, 0.15) is 0 Å². The van der Waals surface area contributed by atoms with E-state index in [-0.39, 0.29) is 12.5 Å². The topological polar surface area (TPSA) is 50.8 Å². The zero-order chi connectivity index (χ0) is 18.4. The number of methoxy groups -OCH3 is 2. The molecule has 0 radical (unpaired) electrons. The van der Waals surface area contributed by atoms with E-state index >= 15 is 0 Å². The van der Waals surface area contributed by atoms with Gasteiger partial charge in [-0.1, -0.05) is 11.6 Å². The highest BCUT2D eigenvalue weighted by Crippen LogP contribution is 2.30. The molecule has 0 aliphatic carbocycles. The van der Waals surface area contributed by atoms with E-state index < -0.39 is 0 Å². The molecule has 0 bridgehead atoms. The smallest absolute Gasteiger partial charge is 0.238 e. The maximum Gasteiger partial charge on any atom is 0.238 e. The Balaban J connectivity index is 1.98. The lowest BCUT2D eigenvalue weighted by atomic mass is 10.1. The van der Waals surface area contributed by atoms with E-state index in [4.69, 9.17) is 21.1 Å². The molecule has 0 saturated carbocycles. The van der Waals surface area contributed by atoms with Crippen molar-refractivity contribution in [2.24, 2.45) is 0 Å². The van der Waals surface area contributed by atoms with Crippen molar-refractivity contribution in [3.63, 3.8) is 0 Å². The molecule has 25 heavy (non-hydrogen) atoms. The van der Waals surface area contributed by atoms with Crippen LogP contribution in [0.2, 0.25) is 5.02 Å². The molecule has 2 rings (SSSR count). The minimum absolute atomic E-state index is 0.0806. The summed E-state index contributed by atoms with van der Waals surface area (Å²) in [5.41, 5.74) is 2.90. The number of nitrogens with zero attached hydrogens (tertiary/aromatic N) is 1. The van der Waals surface area contributed by atoms with Crippen LogP contribution in [0.3, 0.4) is 0 Å². The number of rotatable bonds is 7. The molecule has 0 fully saturated rings. The van der Waals surface area contributed by atoms with Gasteiger partial charge in [0, 0.05) is 17.3 Å². The molecule has 2 aromatic rings. The second-order valence-corrected chi connectivity index (χ2v) is 6.30. The number of ether oxygens (including phenoxy) is 2. The maximum atomic E-state index is 12.2. The van der Waals surface area contributed by atoms with Gasteiger partial charge in [0.15, 0.2) is 11.5 Å². The number of benzene rings is 2. The average Bonchev–Trinajstić information content (AvgIpc) is 2.58. The van der Waals surface area contributed by atoms with Crippen molar-refractivity contribution in [3.8, 4) is 11.5 Å². The molecule has 0 spiro atoms. The first-order valence-electron chi connectivity index (χ1n) is 7.88. The van der Waals surface area contributed by atoms with Gasteiger partial charge in [0.2, 0.25) is 5.91 Å². The minimum Gasteiger partial charge on any atom is -0.493 e. The van der Waals surface area contributed by atoms with E-state index in [0.717, 1.165) is 16.8 Å². The number of hydrogen-bond donors (Lipinski definition) is 1. The summed E-state index contributed by atoms with van der Waals surface area (Å²) in [5.74, 6) is 1.30. The van der Waals surface area contributed by atoms with Crippen LogP contribution in [0.4, 0.5) is 5.69 Å². The number of anilines is 1. The molecule has 1 N–H and O–H groups in total. The monoisotopic (exact) mass is 362 g/mol. The minimum atomic E-state index is -0.0806. The van der Waals surface area contributed by atoms with Crippen LogP contribution >= 0.6 is 11.6 Å². The molecule has 2 aromatic carbocycles. The number of aryl methyl sites for hydroxylation is 1. The second kappa shape index (κ2) is 8.74. The molecule has 0 aromatic heterocycles. The van der Waals surface area contributed by atoms with Gasteiger partial charge in [-0.15, -0.1) is 0 Å². The molecule has 0 aliphatic heterocycles. The van der Waals surface area contributed by atoms with Crippen LogP contribution in [-0.2, 0) is 11.3 Å². The van der Waals surface area contributed by atoms with Gasteiger partial charge in [-0.05, 0) is 61.5 Å². The molecular weight excluding hydrogens is 340 g/mol. The van der Waals surface area contributed by atoms with Crippen LogP contribution in [0.5, 0.6) is 11.5 Å². The Morgan fingerprint density at radius 1 is 1.12 bits per heavy atom. The molecular formula is C19H23ClN2O3. The van der Waals surface area contributed by atoms with Crippen LogP contribution in [0.1, 0.15) is 11.1 Å². The third-order valence-corrected chi connectivity index (χ3v) is 4.08. The Hall–Kier alpha value is -2.24. The zero-order valence-electron chi connectivity index (χ0n) is 14.9. The maximum absolute atomic E-state index is 12.2. The van der Waals surface area contributed by atoms with E-state index in [0.29, 0.717) is 23.1 Å². The van der Waals surface area contributed by atoms with Gasteiger partial charge < -0.3 is 14.8 Å². The summed E-state index contributed by atoms with van der Waals surface area (Å²) >= 11 is 5.84. The number of hydrogen-bond acceptors (Lipinski definition) is 4. The highest BCUT2D eigenvalue weighted by molar-refractivity contribution is 6.30. The van der Waals surface area contributed by atoms with Gasteiger partial charge in [0.05, 0.1) is 20.8 Å². The lowest BCUT2D eigenvalue weighted by Gasteiger charge is -2.19. The number of nitrogens with one attached hydrogen (secondary N) is 1. The molecule has 0 atom stereocenters. The first-order valence-corrected chi connectivity index (χ1v) is 8.26. The van der Waals surface area contributed by atoms with Crippen LogP contribution in [0, 0.1) is 6.92 Å². The molecule has 134 valence electrons. The summed E-state index contributed by atoms with van der Waals surface area (Å²) in [6.07, 6.45) is 0. The highest BCUT2D eigenvalue weighted by Gasteiger charge is 2.12. The SMILES string of the molecule is COc1cc(C)c(CN(C)CC(=O)Nc2ccc(Cl)cc2)cc1OC. The molecule has 1 amide bonds. The number of amides is 1. The summed E-state index contributed by atoms with van der Waals surface area (Å²) < 4.78 is 10.7. The lowest BCUT2D eigenvalue weighted by molar-refractivity contribution is -0.117. The lowest BCUT2D eigenvalue weighted by Crippen LogP contribution is -2.30. The van der Waals surface area contributed by atoms with Crippen molar-refractivity contribution in [2.45, 2.75) is 13.5 Å². The molecule has 0 unspecified atom stereocenters. The zero-order valence-corrected chi connectivity index (χ0v) is 15.7. The number of likely N-dealkylation sites (N-methyl/N-ethyl adjacent to an activating group) is 1. The Labute approximate surface area is 153 Å².